The van der Waals surface area contributed by atoms with Crippen LogP contribution in [-0.2, 0) is 11.4 Å². The predicted octanol–water partition coefficient (Wildman–Crippen LogP) is 1.44. The molecule has 7 heteroatoms. The quantitative estimate of drug-likeness (QED) is 0.922. The molecule has 0 bridgehead atoms. The first-order valence-corrected chi connectivity index (χ1v) is 7.81. The number of piperazine rings is 1. The summed E-state index contributed by atoms with van der Waals surface area (Å²) in [5.74, 6) is 0.192. The van der Waals surface area contributed by atoms with Crippen molar-refractivity contribution in [3.05, 3.63) is 42.0 Å². The van der Waals surface area contributed by atoms with Gasteiger partial charge in [-0.15, -0.1) is 0 Å². The van der Waals surface area contributed by atoms with Crippen molar-refractivity contribution >= 4 is 11.9 Å². The summed E-state index contributed by atoms with van der Waals surface area (Å²) < 4.78 is 14.3. The maximum atomic E-state index is 14.3. The normalized spacial score (nSPS) is 14.8. The van der Waals surface area contributed by atoms with Gasteiger partial charge in [-0.25, -0.2) is 14.4 Å². The first kappa shape index (κ1) is 16.3. The van der Waals surface area contributed by atoms with Crippen LogP contribution in [-0.4, -0.2) is 52.1 Å². The molecule has 24 heavy (non-hydrogen) atoms. The van der Waals surface area contributed by atoms with Gasteiger partial charge in [0.1, 0.15) is 5.82 Å². The Hall–Kier alpha value is -2.54. The van der Waals surface area contributed by atoms with Crippen molar-refractivity contribution in [2.45, 2.75) is 13.5 Å². The van der Waals surface area contributed by atoms with Gasteiger partial charge in [-0.3, -0.25) is 4.79 Å². The zero-order valence-corrected chi connectivity index (χ0v) is 13.4. The number of aliphatic hydroxyl groups excluding tert-OH is 1. The van der Waals surface area contributed by atoms with E-state index in [9.17, 15) is 9.18 Å². The van der Waals surface area contributed by atoms with Crippen LogP contribution in [0.25, 0.3) is 11.1 Å². The number of carbonyl (C=O) groups is 1. The summed E-state index contributed by atoms with van der Waals surface area (Å²) in [7, 11) is 0. The molecule has 126 valence electrons. The molecule has 0 atom stereocenters. The average molecular weight is 330 g/mol. The second kappa shape index (κ2) is 6.92. The molecule has 1 aromatic heterocycles. The number of anilines is 1. The van der Waals surface area contributed by atoms with Crippen LogP contribution in [0.4, 0.5) is 10.3 Å². The third kappa shape index (κ3) is 3.21. The van der Waals surface area contributed by atoms with Crippen LogP contribution < -0.4 is 4.90 Å². The lowest BCUT2D eigenvalue weighted by Gasteiger charge is -2.34. The summed E-state index contributed by atoms with van der Waals surface area (Å²) in [6.45, 7) is 3.86. The van der Waals surface area contributed by atoms with E-state index in [1.165, 1.54) is 0 Å². The van der Waals surface area contributed by atoms with Gasteiger partial charge in [-0.05, 0) is 0 Å². The van der Waals surface area contributed by atoms with E-state index in [-0.39, 0.29) is 18.1 Å². The van der Waals surface area contributed by atoms with Crippen LogP contribution in [0.15, 0.2) is 30.6 Å². The second-order valence-corrected chi connectivity index (χ2v) is 5.70. The molecule has 0 aliphatic carbocycles. The zero-order valence-electron chi connectivity index (χ0n) is 13.4. The molecule has 1 aliphatic rings. The van der Waals surface area contributed by atoms with E-state index < -0.39 is 5.82 Å². The van der Waals surface area contributed by atoms with Crippen LogP contribution >= 0.6 is 0 Å². The number of aliphatic hydroxyl groups is 1. The minimum atomic E-state index is -0.452. The summed E-state index contributed by atoms with van der Waals surface area (Å²) >= 11 is 0. The first-order valence-electron chi connectivity index (χ1n) is 7.81. The molecule has 1 aromatic carbocycles. The number of hydrogen-bond acceptors (Lipinski definition) is 5. The molecule has 1 fully saturated rings. The largest absolute Gasteiger partial charge is 0.392 e. The zero-order chi connectivity index (χ0) is 17.1. The van der Waals surface area contributed by atoms with E-state index in [0.29, 0.717) is 43.3 Å². The van der Waals surface area contributed by atoms with Gasteiger partial charge in [0.25, 0.3) is 0 Å². The summed E-state index contributed by atoms with van der Waals surface area (Å²) in [6.07, 6.45) is 3.17. The molecular formula is C17H19FN4O2. The van der Waals surface area contributed by atoms with Crippen LogP contribution in [0, 0.1) is 5.82 Å². The molecule has 1 saturated heterocycles. The number of nitrogens with zero attached hydrogens (tertiary/aromatic N) is 4. The number of halogens is 1. The fourth-order valence-corrected chi connectivity index (χ4v) is 2.77. The van der Waals surface area contributed by atoms with Gasteiger partial charge >= 0.3 is 0 Å². The molecular weight excluding hydrogens is 311 g/mol. The van der Waals surface area contributed by atoms with Crippen LogP contribution in [0.3, 0.4) is 0 Å². The van der Waals surface area contributed by atoms with E-state index in [1.807, 2.05) is 4.90 Å². The third-order valence-corrected chi connectivity index (χ3v) is 4.21. The van der Waals surface area contributed by atoms with Crippen molar-refractivity contribution in [3.8, 4) is 11.1 Å². The molecule has 2 aromatic rings. The second-order valence-electron chi connectivity index (χ2n) is 5.70. The van der Waals surface area contributed by atoms with Crippen molar-refractivity contribution in [1.29, 1.82) is 0 Å². The van der Waals surface area contributed by atoms with Crippen molar-refractivity contribution < 1.29 is 14.3 Å². The highest BCUT2D eigenvalue weighted by atomic mass is 19.1. The van der Waals surface area contributed by atoms with Crippen molar-refractivity contribution in [2.75, 3.05) is 31.1 Å². The number of rotatable bonds is 3. The van der Waals surface area contributed by atoms with Crippen molar-refractivity contribution in [1.82, 2.24) is 14.9 Å². The topological polar surface area (TPSA) is 69.6 Å². The maximum Gasteiger partial charge on any atom is 0.225 e. The first-order chi connectivity index (χ1) is 11.6. The molecule has 1 N–H and O–H groups in total. The molecule has 1 amide bonds. The minimum absolute atomic E-state index is 0.0742. The number of carbonyl (C=O) groups excluding carboxylic acids is 1. The Balaban J connectivity index is 1.76. The van der Waals surface area contributed by atoms with Gasteiger partial charge in [-0.2, -0.15) is 0 Å². The Morgan fingerprint density at radius 1 is 1.21 bits per heavy atom. The Labute approximate surface area is 139 Å². The van der Waals surface area contributed by atoms with Gasteiger partial charge < -0.3 is 14.9 Å². The lowest BCUT2D eigenvalue weighted by Crippen LogP contribution is -2.48. The lowest BCUT2D eigenvalue weighted by molar-refractivity contribution is -0.129. The number of hydrogen-bond donors (Lipinski definition) is 1. The highest BCUT2D eigenvalue weighted by molar-refractivity contribution is 5.73. The van der Waals surface area contributed by atoms with Crippen LogP contribution in [0.1, 0.15) is 12.5 Å². The Bertz CT molecular complexity index is 728. The van der Waals surface area contributed by atoms with Gasteiger partial charge in [0.05, 0.1) is 6.61 Å². The highest BCUT2D eigenvalue weighted by Gasteiger charge is 2.20. The summed E-state index contributed by atoms with van der Waals surface area (Å²) in [6, 6.07) is 4.87. The minimum Gasteiger partial charge on any atom is -0.392 e. The SMILES string of the molecule is CC(=O)N1CCN(c2ncc(-c3cccc(CO)c3F)cn2)CC1. The van der Waals surface area contributed by atoms with Gasteiger partial charge in [0, 0.05) is 62.2 Å². The number of amides is 1. The Kier molecular flexibility index (Phi) is 4.71. The monoisotopic (exact) mass is 330 g/mol. The molecule has 1 aliphatic heterocycles. The lowest BCUT2D eigenvalue weighted by atomic mass is 10.1. The Morgan fingerprint density at radius 2 is 1.88 bits per heavy atom. The Morgan fingerprint density at radius 3 is 2.46 bits per heavy atom. The van der Waals surface area contributed by atoms with Crippen molar-refractivity contribution in [2.24, 2.45) is 0 Å². The fourth-order valence-electron chi connectivity index (χ4n) is 2.77. The molecule has 0 unspecified atom stereocenters. The fraction of sp³-hybridized carbons (Fsp3) is 0.353. The van der Waals surface area contributed by atoms with E-state index in [4.69, 9.17) is 5.11 Å². The third-order valence-electron chi connectivity index (χ3n) is 4.21. The molecule has 0 spiro atoms. The van der Waals surface area contributed by atoms with E-state index in [2.05, 4.69) is 9.97 Å². The van der Waals surface area contributed by atoms with Gasteiger partial charge in [0.15, 0.2) is 0 Å². The maximum absolute atomic E-state index is 14.3. The highest BCUT2D eigenvalue weighted by Crippen LogP contribution is 2.25. The standard InChI is InChI=1S/C17H19FN4O2/c1-12(24)21-5-7-22(8-6-21)17-19-9-14(10-20-17)15-4-2-3-13(11-23)16(15)18/h2-4,9-10,23H,5-8,11H2,1H3. The van der Waals surface area contributed by atoms with E-state index in [0.717, 1.165) is 0 Å². The predicted molar refractivity (Wildman–Crippen MR) is 87.8 cm³/mol. The van der Waals surface area contributed by atoms with E-state index in [1.54, 1.807) is 42.4 Å². The smallest absolute Gasteiger partial charge is 0.225 e. The summed E-state index contributed by atoms with van der Waals surface area (Å²) in [4.78, 5) is 23.8. The number of benzene rings is 1. The van der Waals surface area contributed by atoms with Gasteiger partial charge in [-0.1, -0.05) is 18.2 Å². The summed E-state index contributed by atoms with van der Waals surface area (Å²) in [5.41, 5.74) is 1.18. The van der Waals surface area contributed by atoms with Crippen molar-refractivity contribution in [3.63, 3.8) is 0 Å². The van der Waals surface area contributed by atoms with Gasteiger partial charge in [0.2, 0.25) is 11.9 Å². The summed E-state index contributed by atoms with van der Waals surface area (Å²) in [5, 5.41) is 9.16. The van der Waals surface area contributed by atoms with Crippen LogP contribution in [0.5, 0.6) is 0 Å². The molecule has 3 rings (SSSR count). The molecule has 0 saturated carbocycles. The molecule has 0 radical (unpaired) electrons. The molecule has 6 nitrogen and oxygen atoms in total. The van der Waals surface area contributed by atoms with Crippen LogP contribution in [0.2, 0.25) is 0 Å². The molecule has 2 heterocycles. The number of aromatic nitrogens is 2. The average Bonchev–Trinajstić information content (AvgIpc) is 2.62. The van der Waals surface area contributed by atoms with E-state index >= 15 is 0 Å².